The van der Waals surface area contributed by atoms with Crippen molar-refractivity contribution in [3.8, 4) is 11.5 Å². The standard InChI is InChI=1S/C24H35N3O4/c1-16-12-23(2,3)14-24(13-16)21(28)27(22(29)25-24)15-26-10-6-7-19(26)18-11-17(30-4)8-9-20(18)31-5/h8-9,11,16,19H,6-7,10,12-15H2,1-5H3,(H,25,29)/t16-,19+,24-/m1/s1. The van der Waals surface area contributed by atoms with Gasteiger partial charge in [-0.15, -0.1) is 0 Å². The molecule has 1 N–H and O–H groups in total. The number of methoxy groups -OCH3 is 2. The van der Waals surface area contributed by atoms with E-state index in [1.165, 1.54) is 4.90 Å². The van der Waals surface area contributed by atoms with Crippen LogP contribution in [0, 0.1) is 11.3 Å². The number of ether oxygens (including phenoxy) is 2. The molecule has 2 saturated heterocycles. The average Bonchev–Trinajstić information content (AvgIpc) is 3.24. The average molecular weight is 430 g/mol. The predicted molar refractivity (Wildman–Crippen MR) is 118 cm³/mol. The van der Waals surface area contributed by atoms with E-state index in [1.54, 1.807) is 14.2 Å². The Labute approximate surface area is 185 Å². The van der Waals surface area contributed by atoms with Gasteiger partial charge in [0.15, 0.2) is 0 Å². The fourth-order valence-electron chi connectivity index (χ4n) is 6.26. The summed E-state index contributed by atoms with van der Waals surface area (Å²) in [5.41, 5.74) is 0.301. The third-order valence-electron chi connectivity index (χ3n) is 7.11. The maximum atomic E-state index is 13.6. The summed E-state index contributed by atoms with van der Waals surface area (Å²) in [7, 11) is 3.31. The lowest BCUT2D eigenvalue weighted by Gasteiger charge is -2.44. The normalized spacial score (nSPS) is 30.7. The summed E-state index contributed by atoms with van der Waals surface area (Å²) in [5.74, 6) is 1.90. The number of nitrogens with one attached hydrogen (secondary N) is 1. The summed E-state index contributed by atoms with van der Waals surface area (Å²) in [4.78, 5) is 30.1. The quantitative estimate of drug-likeness (QED) is 0.718. The van der Waals surface area contributed by atoms with Crippen LogP contribution in [0.5, 0.6) is 11.5 Å². The van der Waals surface area contributed by atoms with Crippen LogP contribution in [0.4, 0.5) is 4.79 Å². The minimum atomic E-state index is -0.763. The Hall–Kier alpha value is -2.28. The monoisotopic (exact) mass is 429 g/mol. The third kappa shape index (κ3) is 4.00. The number of urea groups is 1. The maximum absolute atomic E-state index is 13.6. The van der Waals surface area contributed by atoms with Crippen LogP contribution in [0.3, 0.4) is 0 Å². The lowest BCUT2D eigenvalue weighted by molar-refractivity contribution is -0.136. The molecule has 0 aromatic heterocycles. The van der Waals surface area contributed by atoms with Crippen molar-refractivity contribution < 1.29 is 19.1 Å². The van der Waals surface area contributed by atoms with Gasteiger partial charge in [-0.25, -0.2) is 9.69 Å². The van der Waals surface area contributed by atoms with Crippen molar-refractivity contribution in [1.29, 1.82) is 0 Å². The van der Waals surface area contributed by atoms with Gasteiger partial charge in [0.1, 0.15) is 17.0 Å². The first-order valence-corrected chi connectivity index (χ1v) is 11.3. The Morgan fingerprint density at radius 3 is 2.61 bits per heavy atom. The van der Waals surface area contributed by atoms with E-state index in [4.69, 9.17) is 9.47 Å². The number of amides is 3. The Kier molecular flexibility index (Phi) is 5.66. The lowest BCUT2D eigenvalue weighted by Crippen LogP contribution is -2.54. The maximum Gasteiger partial charge on any atom is 0.326 e. The van der Waals surface area contributed by atoms with Crippen LogP contribution in [0.1, 0.15) is 64.5 Å². The van der Waals surface area contributed by atoms with Crippen LogP contribution in [-0.2, 0) is 4.79 Å². The molecule has 31 heavy (non-hydrogen) atoms. The Bertz CT molecular complexity index is 870. The summed E-state index contributed by atoms with van der Waals surface area (Å²) in [5, 5.41) is 3.09. The van der Waals surface area contributed by atoms with Crippen LogP contribution in [0.25, 0.3) is 0 Å². The van der Waals surface area contributed by atoms with E-state index in [2.05, 4.69) is 31.0 Å². The van der Waals surface area contributed by atoms with E-state index < -0.39 is 5.54 Å². The zero-order valence-corrected chi connectivity index (χ0v) is 19.4. The van der Waals surface area contributed by atoms with Crippen LogP contribution in [0.15, 0.2) is 18.2 Å². The molecule has 4 rings (SSSR count). The number of carbonyl (C=O) groups excluding carboxylic acids is 2. The molecule has 0 unspecified atom stereocenters. The van der Waals surface area contributed by atoms with Crippen molar-refractivity contribution in [2.24, 2.45) is 11.3 Å². The van der Waals surface area contributed by atoms with Crippen molar-refractivity contribution >= 4 is 11.9 Å². The summed E-state index contributed by atoms with van der Waals surface area (Å²) in [6, 6.07) is 5.61. The van der Waals surface area contributed by atoms with E-state index in [1.807, 2.05) is 18.2 Å². The molecule has 7 heteroatoms. The van der Waals surface area contributed by atoms with Gasteiger partial charge in [0.2, 0.25) is 0 Å². The smallest absolute Gasteiger partial charge is 0.326 e. The SMILES string of the molecule is COc1ccc(OC)c([C@@H]2CCCN2CN2C(=O)N[C@@]3(C[C@H](C)CC(C)(C)C3)C2=O)c1. The minimum Gasteiger partial charge on any atom is -0.497 e. The molecule has 0 radical (unpaired) electrons. The molecule has 0 bridgehead atoms. The van der Waals surface area contributed by atoms with E-state index in [9.17, 15) is 9.59 Å². The molecule has 1 aromatic carbocycles. The van der Waals surface area contributed by atoms with Crippen molar-refractivity contribution in [2.75, 3.05) is 27.4 Å². The molecule has 1 aromatic rings. The zero-order chi connectivity index (χ0) is 22.4. The van der Waals surface area contributed by atoms with Gasteiger partial charge in [-0.1, -0.05) is 20.8 Å². The van der Waals surface area contributed by atoms with Gasteiger partial charge in [-0.05, 0) is 61.6 Å². The molecule has 3 aliphatic rings. The highest BCUT2D eigenvalue weighted by Crippen LogP contribution is 2.47. The molecule has 7 nitrogen and oxygen atoms in total. The van der Waals surface area contributed by atoms with Gasteiger partial charge >= 0.3 is 6.03 Å². The zero-order valence-electron chi connectivity index (χ0n) is 19.4. The van der Waals surface area contributed by atoms with Crippen LogP contribution in [0.2, 0.25) is 0 Å². The molecule has 3 fully saturated rings. The highest BCUT2D eigenvalue weighted by Gasteiger charge is 2.56. The van der Waals surface area contributed by atoms with Gasteiger partial charge in [0.05, 0.1) is 20.9 Å². The Morgan fingerprint density at radius 1 is 1.16 bits per heavy atom. The molecule has 3 amide bonds. The molecule has 3 atom stereocenters. The van der Waals surface area contributed by atoms with E-state index in [-0.39, 0.29) is 23.4 Å². The molecule has 1 aliphatic carbocycles. The van der Waals surface area contributed by atoms with Crippen LogP contribution in [-0.4, -0.2) is 54.7 Å². The van der Waals surface area contributed by atoms with Gasteiger partial charge in [-0.2, -0.15) is 0 Å². The second kappa shape index (κ2) is 8.01. The van der Waals surface area contributed by atoms with E-state index in [0.717, 1.165) is 42.9 Å². The number of imide groups is 1. The number of hydrogen-bond acceptors (Lipinski definition) is 5. The molecule has 1 saturated carbocycles. The summed E-state index contributed by atoms with van der Waals surface area (Å²) < 4.78 is 11.0. The molecule has 170 valence electrons. The van der Waals surface area contributed by atoms with Crippen molar-refractivity contribution in [3.63, 3.8) is 0 Å². The van der Waals surface area contributed by atoms with Crippen LogP contribution >= 0.6 is 0 Å². The number of benzene rings is 1. The van der Waals surface area contributed by atoms with Crippen molar-refractivity contribution in [3.05, 3.63) is 23.8 Å². The predicted octanol–water partition coefficient (Wildman–Crippen LogP) is 3.94. The third-order valence-corrected chi connectivity index (χ3v) is 7.11. The van der Waals surface area contributed by atoms with E-state index >= 15 is 0 Å². The largest absolute Gasteiger partial charge is 0.497 e. The minimum absolute atomic E-state index is 0.0285. The first kappa shape index (κ1) is 21.9. The first-order chi connectivity index (χ1) is 14.7. The van der Waals surface area contributed by atoms with Crippen LogP contribution < -0.4 is 14.8 Å². The molecule has 1 spiro atoms. The molecule has 2 heterocycles. The van der Waals surface area contributed by atoms with E-state index in [0.29, 0.717) is 25.4 Å². The summed E-state index contributed by atoms with van der Waals surface area (Å²) in [6.45, 7) is 7.69. The molecular weight excluding hydrogens is 394 g/mol. The highest BCUT2D eigenvalue weighted by molar-refractivity contribution is 6.07. The van der Waals surface area contributed by atoms with Gasteiger partial charge in [0, 0.05) is 18.2 Å². The number of rotatable bonds is 5. The van der Waals surface area contributed by atoms with Gasteiger partial charge in [0.25, 0.3) is 5.91 Å². The second-order valence-corrected chi connectivity index (χ2v) is 10.3. The number of hydrogen-bond donors (Lipinski definition) is 1. The fraction of sp³-hybridized carbons (Fsp3) is 0.667. The summed E-state index contributed by atoms with van der Waals surface area (Å²) >= 11 is 0. The van der Waals surface area contributed by atoms with Gasteiger partial charge < -0.3 is 14.8 Å². The lowest BCUT2D eigenvalue weighted by atomic mass is 9.64. The topological polar surface area (TPSA) is 71.1 Å². The summed E-state index contributed by atoms with van der Waals surface area (Å²) in [6.07, 6.45) is 4.43. The Morgan fingerprint density at radius 2 is 1.94 bits per heavy atom. The number of carbonyl (C=O) groups is 2. The van der Waals surface area contributed by atoms with Crippen molar-refractivity contribution in [2.45, 2.75) is 64.5 Å². The Balaban J connectivity index is 1.56. The van der Waals surface area contributed by atoms with Gasteiger partial charge in [-0.3, -0.25) is 9.69 Å². The van der Waals surface area contributed by atoms with Crippen molar-refractivity contribution in [1.82, 2.24) is 15.1 Å². The number of nitrogens with zero attached hydrogens (tertiary/aromatic N) is 2. The molecule has 2 aliphatic heterocycles. The number of likely N-dealkylation sites (tertiary alicyclic amines) is 1. The fourth-order valence-corrected chi connectivity index (χ4v) is 6.26. The second-order valence-electron chi connectivity index (χ2n) is 10.3. The first-order valence-electron chi connectivity index (χ1n) is 11.3. The highest BCUT2D eigenvalue weighted by atomic mass is 16.5. The molecular formula is C24H35N3O4.